The van der Waals surface area contributed by atoms with Crippen LogP contribution < -0.4 is 0 Å². The van der Waals surface area contributed by atoms with Crippen LogP contribution in [-0.2, 0) is 13.1 Å². The topological polar surface area (TPSA) is 21.1 Å². The first-order valence-corrected chi connectivity index (χ1v) is 5.43. The van der Waals surface area contributed by atoms with Crippen LogP contribution in [0, 0.1) is 0 Å². The smallest absolute Gasteiger partial charge is 0.0949 e. The Balaban J connectivity index is 2.19. The first kappa shape index (κ1) is 10.9. The molecule has 0 saturated heterocycles. The lowest BCUT2D eigenvalue weighted by molar-refractivity contribution is 0.400. The van der Waals surface area contributed by atoms with Gasteiger partial charge in [-0.05, 0) is 25.2 Å². The summed E-state index contributed by atoms with van der Waals surface area (Å²) in [7, 11) is 4.18. The molecule has 0 unspecified atom stereocenters. The van der Waals surface area contributed by atoms with E-state index in [1.807, 2.05) is 18.7 Å². The van der Waals surface area contributed by atoms with E-state index in [2.05, 4.69) is 52.8 Å². The van der Waals surface area contributed by atoms with Crippen molar-refractivity contribution in [3.63, 3.8) is 0 Å². The van der Waals surface area contributed by atoms with Crippen molar-refractivity contribution in [3.05, 3.63) is 54.1 Å². The van der Waals surface area contributed by atoms with E-state index in [1.165, 1.54) is 11.1 Å². The molecule has 0 spiro atoms. The number of nitrogens with zero attached hydrogens (tertiary/aromatic N) is 3. The zero-order valence-electron chi connectivity index (χ0n) is 9.80. The molecular weight excluding hydrogens is 198 g/mol. The van der Waals surface area contributed by atoms with Crippen LogP contribution in [0.5, 0.6) is 0 Å². The van der Waals surface area contributed by atoms with E-state index in [1.54, 1.807) is 0 Å². The number of hydrogen-bond acceptors (Lipinski definition) is 2. The number of imidazole rings is 1. The van der Waals surface area contributed by atoms with Crippen molar-refractivity contribution in [2.45, 2.75) is 13.1 Å². The Kier molecular flexibility index (Phi) is 3.37. The summed E-state index contributed by atoms with van der Waals surface area (Å²) in [5, 5.41) is 0. The highest BCUT2D eigenvalue weighted by atomic mass is 15.1. The van der Waals surface area contributed by atoms with Gasteiger partial charge in [-0.15, -0.1) is 0 Å². The summed E-state index contributed by atoms with van der Waals surface area (Å²) >= 11 is 0. The monoisotopic (exact) mass is 215 g/mol. The molecule has 0 saturated carbocycles. The highest BCUT2D eigenvalue weighted by Crippen LogP contribution is 2.12. The quantitative estimate of drug-likeness (QED) is 0.777. The molecule has 2 aromatic rings. The highest BCUT2D eigenvalue weighted by molar-refractivity contribution is 5.27. The molecule has 3 nitrogen and oxygen atoms in total. The minimum atomic E-state index is 0.893. The largest absolute Gasteiger partial charge is 0.333 e. The molecule has 3 heteroatoms. The van der Waals surface area contributed by atoms with Gasteiger partial charge in [0.25, 0.3) is 0 Å². The standard InChI is InChI=1S/C13H17N3/c1-15(2)9-12-5-3-4-6-13(12)10-16-8-7-14-11-16/h3-8,11H,9-10H2,1-2H3. The van der Waals surface area contributed by atoms with Gasteiger partial charge in [-0.1, -0.05) is 24.3 Å². The average Bonchev–Trinajstić information content (AvgIpc) is 2.73. The zero-order chi connectivity index (χ0) is 11.4. The average molecular weight is 215 g/mol. The number of aromatic nitrogens is 2. The van der Waals surface area contributed by atoms with Crippen molar-refractivity contribution in [1.82, 2.24) is 14.5 Å². The Morgan fingerprint density at radius 3 is 2.56 bits per heavy atom. The highest BCUT2D eigenvalue weighted by Gasteiger charge is 2.03. The summed E-state index contributed by atoms with van der Waals surface area (Å²) in [5.41, 5.74) is 2.73. The van der Waals surface area contributed by atoms with Gasteiger partial charge < -0.3 is 9.47 Å². The Morgan fingerprint density at radius 2 is 1.94 bits per heavy atom. The van der Waals surface area contributed by atoms with Crippen LogP contribution in [0.4, 0.5) is 0 Å². The molecule has 0 radical (unpaired) electrons. The molecule has 0 atom stereocenters. The second kappa shape index (κ2) is 4.94. The van der Waals surface area contributed by atoms with Gasteiger partial charge in [0.2, 0.25) is 0 Å². The van der Waals surface area contributed by atoms with Crippen molar-refractivity contribution in [2.24, 2.45) is 0 Å². The van der Waals surface area contributed by atoms with Crippen LogP contribution in [0.1, 0.15) is 11.1 Å². The summed E-state index contributed by atoms with van der Waals surface area (Å²) in [6.45, 7) is 1.87. The molecule has 0 fully saturated rings. The maximum Gasteiger partial charge on any atom is 0.0949 e. The lowest BCUT2D eigenvalue weighted by Gasteiger charge is -2.14. The molecule has 84 valence electrons. The van der Waals surface area contributed by atoms with Crippen molar-refractivity contribution < 1.29 is 0 Å². The Bertz CT molecular complexity index is 432. The SMILES string of the molecule is CN(C)Cc1ccccc1Cn1ccnc1. The lowest BCUT2D eigenvalue weighted by Crippen LogP contribution is -2.13. The molecule has 0 aliphatic rings. The van der Waals surface area contributed by atoms with Crippen LogP contribution in [-0.4, -0.2) is 28.5 Å². The summed E-state index contributed by atoms with van der Waals surface area (Å²) in [5.74, 6) is 0. The predicted octanol–water partition coefficient (Wildman–Crippen LogP) is 1.99. The van der Waals surface area contributed by atoms with Crippen LogP contribution in [0.3, 0.4) is 0 Å². The second-order valence-corrected chi connectivity index (χ2v) is 4.24. The zero-order valence-corrected chi connectivity index (χ0v) is 9.80. The van der Waals surface area contributed by atoms with E-state index >= 15 is 0 Å². The molecule has 0 N–H and O–H groups in total. The third-order valence-corrected chi connectivity index (χ3v) is 2.52. The molecule has 0 bridgehead atoms. The van der Waals surface area contributed by atoms with Gasteiger partial charge in [-0.3, -0.25) is 0 Å². The summed E-state index contributed by atoms with van der Waals surface area (Å²) < 4.78 is 2.09. The van der Waals surface area contributed by atoms with Crippen molar-refractivity contribution >= 4 is 0 Å². The fourth-order valence-corrected chi connectivity index (χ4v) is 1.78. The molecule has 1 aromatic heterocycles. The molecule has 0 aliphatic carbocycles. The number of hydrogen-bond donors (Lipinski definition) is 0. The predicted molar refractivity (Wildman–Crippen MR) is 65.2 cm³/mol. The number of rotatable bonds is 4. The van der Waals surface area contributed by atoms with Gasteiger partial charge in [0.15, 0.2) is 0 Å². The summed E-state index contributed by atoms with van der Waals surface area (Å²) in [6, 6.07) is 8.55. The van der Waals surface area contributed by atoms with E-state index in [9.17, 15) is 0 Å². The minimum Gasteiger partial charge on any atom is -0.333 e. The van der Waals surface area contributed by atoms with Gasteiger partial charge in [-0.2, -0.15) is 0 Å². The molecule has 16 heavy (non-hydrogen) atoms. The van der Waals surface area contributed by atoms with E-state index in [-0.39, 0.29) is 0 Å². The van der Waals surface area contributed by atoms with Crippen LogP contribution in [0.2, 0.25) is 0 Å². The fourth-order valence-electron chi connectivity index (χ4n) is 1.78. The molecule has 1 heterocycles. The molecule has 2 rings (SSSR count). The maximum absolute atomic E-state index is 4.06. The van der Waals surface area contributed by atoms with E-state index in [0.29, 0.717) is 0 Å². The normalized spacial score (nSPS) is 10.9. The number of benzene rings is 1. The van der Waals surface area contributed by atoms with Gasteiger partial charge >= 0.3 is 0 Å². The van der Waals surface area contributed by atoms with Crippen LogP contribution in [0.15, 0.2) is 43.0 Å². The minimum absolute atomic E-state index is 0.893. The third kappa shape index (κ3) is 2.70. The Morgan fingerprint density at radius 1 is 1.19 bits per heavy atom. The lowest BCUT2D eigenvalue weighted by atomic mass is 10.1. The van der Waals surface area contributed by atoms with Gasteiger partial charge in [0.1, 0.15) is 0 Å². The van der Waals surface area contributed by atoms with Crippen LogP contribution in [0.25, 0.3) is 0 Å². The maximum atomic E-state index is 4.06. The first-order chi connectivity index (χ1) is 7.75. The molecular formula is C13H17N3. The second-order valence-electron chi connectivity index (χ2n) is 4.24. The molecule has 0 aliphatic heterocycles. The molecule has 0 amide bonds. The summed E-state index contributed by atoms with van der Waals surface area (Å²) in [4.78, 5) is 6.25. The third-order valence-electron chi connectivity index (χ3n) is 2.52. The van der Waals surface area contributed by atoms with E-state index < -0.39 is 0 Å². The van der Waals surface area contributed by atoms with Crippen molar-refractivity contribution in [1.29, 1.82) is 0 Å². The fraction of sp³-hybridized carbons (Fsp3) is 0.308. The van der Waals surface area contributed by atoms with E-state index in [0.717, 1.165) is 13.1 Å². The van der Waals surface area contributed by atoms with E-state index in [4.69, 9.17) is 0 Å². The van der Waals surface area contributed by atoms with Gasteiger partial charge in [0.05, 0.1) is 6.33 Å². The molecule has 1 aromatic carbocycles. The van der Waals surface area contributed by atoms with Crippen molar-refractivity contribution in [3.8, 4) is 0 Å². The first-order valence-electron chi connectivity index (χ1n) is 5.43. The summed E-state index contributed by atoms with van der Waals surface area (Å²) in [6.07, 6.45) is 5.66. The van der Waals surface area contributed by atoms with Crippen molar-refractivity contribution in [2.75, 3.05) is 14.1 Å². The Labute approximate surface area is 96.3 Å². The van der Waals surface area contributed by atoms with Crippen LogP contribution >= 0.6 is 0 Å². The van der Waals surface area contributed by atoms with Gasteiger partial charge in [0, 0.05) is 25.5 Å². The van der Waals surface area contributed by atoms with Gasteiger partial charge in [-0.25, -0.2) is 4.98 Å². The Hall–Kier alpha value is -1.61.